The van der Waals surface area contributed by atoms with E-state index in [1.807, 2.05) is 20.8 Å². The van der Waals surface area contributed by atoms with Crippen LogP contribution >= 0.6 is 0 Å². The number of nitrogens with one attached hydrogen (secondary N) is 1. The van der Waals surface area contributed by atoms with Crippen molar-refractivity contribution in [1.29, 1.82) is 0 Å². The van der Waals surface area contributed by atoms with Gasteiger partial charge in [0.25, 0.3) is 0 Å². The first kappa shape index (κ1) is 13.3. The van der Waals surface area contributed by atoms with Crippen molar-refractivity contribution >= 4 is 0 Å². The molecule has 4 nitrogen and oxygen atoms in total. The molecular weight excluding hydrogens is 178 g/mol. The Morgan fingerprint density at radius 2 is 1.93 bits per heavy atom. The van der Waals surface area contributed by atoms with Crippen LogP contribution < -0.4 is 11.2 Å². The van der Waals surface area contributed by atoms with Crippen LogP contribution in [-0.2, 0) is 0 Å². The van der Waals surface area contributed by atoms with Gasteiger partial charge < -0.3 is 15.4 Å². The van der Waals surface area contributed by atoms with Gasteiger partial charge in [0.05, 0.1) is 5.70 Å². The molecule has 0 aromatic heterocycles. The molecule has 0 aliphatic heterocycles. The average molecular weight is 201 g/mol. The maximum atomic E-state index is 10.2. The van der Waals surface area contributed by atoms with Gasteiger partial charge in [-0.1, -0.05) is 13.8 Å². The lowest BCUT2D eigenvalue weighted by atomic mass is 9.93. The topological polar surface area (TPSA) is 61.5 Å². The summed E-state index contributed by atoms with van der Waals surface area (Å²) in [4.78, 5) is 0. The van der Waals surface area contributed by atoms with Gasteiger partial charge in [0.15, 0.2) is 0 Å². The number of hydrogen-bond acceptors (Lipinski definition) is 4. The molecule has 0 fully saturated rings. The van der Waals surface area contributed by atoms with Gasteiger partial charge in [0.2, 0.25) is 0 Å². The summed E-state index contributed by atoms with van der Waals surface area (Å²) in [5, 5.41) is 14.8. The minimum atomic E-state index is -0.790. The van der Waals surface area contributed by atoms with Crippen molar-refractivity contribution in [3.63, 3.8) is 0 Å². The van der Waals surface area contributed by atoms with Crippen LogP contribution in [0.2, 0.25) is 0 Å². The predicted molar refractivity (Wildman–Crippen MR) is 59.2 cm³/mol. The van der Waals surface area contributed by atoms with Gasteiger partial charge in [-0.3, -0.25) is 0 Å². The summed E-state index contributed by atoms with van der Waals surface area (Å²) in [6.45, 7) is 6.60. The van der Waals surface area contributed by atoms with Crippen LogP contribution in [0.1, 0.15) is 33.6 Å². The Balaban J connectivity index is 4.76. The average Bonchev–Trinajstić information content (AvgIpc) is 2.24. The van der Waals surface area contributed by atoms with Crippen LogP contribution in [0.3, 0.4) is 0 Å². The van der Waals surface area contributed by atoms with E-state index in [2.05, 4.69) is 5.32 Å². The van der Waals surface area contributed by atoms with E-state index in [1.54, 1.807) is 18.3 Å². The molecule has 4 N–H and O–H groups in total. The zero-order valence-corrected chi connectivity index (χ0v) is 9.67. The highest BCUT2D eigenvalue weighted by molar-refractivity contribution is 5.13. The fourth-order valence-corrected chi connectivity index (χ4v) is 1.31. The predicted octanol–water partition coefficient (Wildman–Crippen LogP) is 0.794. The number of hydrogen-bond donors (Lipinski definition) is 3. The zero-order valence-electron chi connectivity index (χ0n) is 9.67. The highest BCUT2D eigenvalue weighted by atomic mass is 16.3. The molecule has 0 spiro atoms. The monoisotopic (exact) mass is 201 g/mol. The van der Waals surface area contributed by atoms with Crippen molar-refractivity contribution in [3.05, 3.63) is 11.9 Å². The highest BCUT2D eigenvalue weighted by Gasteiger charge is 2.27. The summed E-state index contributed by atoms with van der Waals surface area (Å²) in [6.07, 6.45) is 3.11. The van der Waals surface area contributed by atoms with Gasteiger partial charge in [0.1, 0.15) is 5.60 Å². The largest absolute Gasteiger partial charge is 0.388 e. The maximum Gasteiger partial charge on any atom is 0.105 e. The number of hydrazine groups is 1. The minimum Gasteiger partial charge on any atom is -0.388 e. The lowest BCUT2D eigenvalue weighted by Gasteiger charge is -2.29. The molecule has 0 saturated heterocycles. The fourth-order valence-electron chi connectivity index (χ4n) is 1.31. The second-order valence-corrected chi connectivity index (χ2v) is 3.36. The van der Waals surface area contributed by atoms with E-state index < -0.39 is 5.60 Å². The molecule has 0 aliphatic rings. The Labute approximate surface area is 86.7 Å². The van der Waals surface area contributed by atoms with E-state index in [4.69, 9.17) is 5.84 Å². The summed E-state index contributed by atoms with van der Waals surface area (Å²) < 4.78 is 0. The molecule has 0 aromatic carbocycles. The first-order valence-corrected chi connectivity index (χ1v) is 5.17. The maximum absolute atomic E-state index is 10.2. The van der Waals surface area contributed by atoms with Gasteiger partial charge in [-0.15, -0.1) is 0 Å². The van der Waals surface area contributed by atoms with Crippen LogP contribution in [0, 0.1) is 0 Å². The lowest BCUT2D eigenvalue weighted by molar-refractivity contribution is 0.0619. The first-order chi connectivity index (χ1) is 6.53. The quantitative estimate of drug-likeness (QED) is 0.439. The second-order valence-electron chi connectivity index (χ2n) is 3.36. The molecule has 0 rings (SSSR count). The molecule has 0 amide bonds. The van der Waals surface area contributed by atoms with E-state index in [-0.39, 0.29) is 0 Å². The van der Waals surface area contributed by atoms with E-state index >= 15 is 0 Å². The molecule has 0 saturated carbocycles. The summed E-state index contributed by atoms with van der Waals surface area (Å²) in [5.41, 5.74) is -0.0199. The van der Waals surface area contributed by atoms with Crippen LogP contribution in [0.15, 0.2) is 11.9 Å². The molecule has 0 heterocycles. The van der Waals surface area contributed by atoms with Crippen molar-refractivity contribution in [3.8, 4) is 0 Å². The summed E-state index contributed by atoms with van der Waals surface area (Å²) >= 11 is 0. The molecule has 0 aromatic rings. The van der Waals surface area contributed by atoms with Crippen LogP contribution in [-0.4, -0.2) is 29.3 Å². The minimum absolute atomic E-state index is 0.674. The summed E-state index contributed by atoms with van der Waals surface area (Å²) in [6, 6.07) is 0. The van der Waals surface area contributed by atoms with Gasteiger partial charge in [-0.25, -0.2) is 5.84 Å². The molecule has 0 atom stereocenters. The van der Waals surface area contributed by atoms with Gasteiger partial charge in [0, 0.05) is 19.8 Å². The normalized spacial score (nSPS) is 12.9. The number of aliphatic hydroxyl groups is 1. The van der Waals surface area contributed by atoms with Crippen molar-refractivity contribution in [2.45, 2.75) is 39.2 Å². The highest BCUT2D eigenvalue weighted by Crippen LogP contribution is 2.22. The molecule has 0 aliphatic carbocycles. The zero-order chi connectivity index (χ0) is 11.2. The van der Waals surface area contributed by atoms with Crippen molar-refractivity contribution in [1.82, 2.24) is 10.3 Å². The number of likely N-dealkylation sites (N-methyl/N-ethyl adjacent to an activating group) is 1. The van der Waals surface area contributed by atoms with Crippen molar-refractivity contribution < 1.29 is 5.11 Å². The van der Waals surface area contributed by atoms with Crippen molar-refractivity contribution in [2.24, 2.45) is 5.84 Å². The Hall–Kier alpha value is -0.740. The SMILES string of the molecule is CCN(N)/C=C(\NC)C(O)(CC)CC. The van der Waals surface area contributed by atoms with E-state index in [9.17, 15) is 5.11 Å². The molecule has 84 valence electrons. The number of nitrogens with zero attached hydrogens (tertiary/aromatic N) is 1. The fraction of sp³-hybridized carbons (Fsp3) is 0.800. The van der Waals surface area contributed by atoms with E-state index in [0.29, 0.717) is 19.4 Å². The van der Waals surface area contributed by atoms with E-state index in [1.165, 1.54) is 0 Å². The Bertz CT molecular complexity index is 188. The Morgan fingerprint density at radius 1 is 1.43 bits per heavy atom. The van der Waals surface area contributed by atoms with Gasteiger partial charge >= 0.3 is 0 Å². The number of rotatable bonds is 6. The lowest BCUT2D eigenvalue weighted by Crippen LogP contribution is -2.38. The van der Waals surface area contributed by atoms with Crippen LogP contribution in [0.25, 0.3) is 0 Å². The third-order valence-corrected chi connectivity index (χ3v) is 2.60. The third-order valence-electron chi connectivity index (χ3n) is 2.60. The summed E-state index contributed by atoms with van der Waals surface area (Å²) in [7, 11) is 1.80. The first-order valence-electron chi connectivity index (χ1n) is 5.17. The van der Waals surface area contributed by atoms with Crippen molar-refractivity contribution in [2.75, 3.05) is 13.6 Å². The summed E-state index contributed by atoms with van der Waals surface area (Å²) in [5.74, 6) is 5.66. The Kier molecular flexibility index (Phi) is 5.57. The molecule has 0 bridgehead atoms. The van der Waals surface area contributed by atoms with E-state index in [0.717, 1.165) is 5.70 Å². The van der Waals surface area contributed by atoms with Crippen LogP contribution in [0.5, 0.6) is 0 Å². The molecule has 0 radical (unpaired) electrons. The molecular formula is C10H23N3O. The smallest absolute Gasteiger partial charge is 0.105 e. The standard InChI is InChI=1S/C10H23N3O/c1-5-10(14,6-2)9(12-4)8-13(11)7-3/h8,12,14H,5-7,11H2,1-4H3/b9-8-. The Morgan fingerprint density at radius 3 is 2.21 bits per heavy atom. The molecule has 14 heavy (non-hydrogen) atoms. The van der Waals surface area contributed by atoms with Gasteiger partial charge in [-0.05, 0) is 19.8 Å². The molecule has 4 heteroatoms. The number of nitrogens with two attached hydrogens (primary N) is 1. The third kappa shape index (κ3) is 3.20. The second kappa shape index (κ2) is 5.88. The van der Waals surface area contributed by atoms with Crippen LogP contribution in [0.4, 0.5) is 0 Å². The molecule has 0 unspecified atom stereocenters. The van der Waals surface area contributed by atoms with Gasteiger partial charge in [-0.2, -0.15) is 0 Å².